The summed E-state index contributed by atoms with van der Waals surface area (Å²) < 4.78 is 23.0. The molecule has 0 aromatic heterocycles. The molecular formula is C28H37NO6Si. The van der Waals surface area contributed by atoms with Gasteiger partial charge >= 0.3 is 5.97 Å². The molecule has 0 N–H and O–H groups in total. The molecule has 7 nitrogen and oxygen atoms in total. The molecule has 1 saturated heterocycles. The summed E-state index contributed by atoms with van der Waals surface area (Å²) in [6, 6.07) is 18.8. The van der Waals surface area contributed by atoms with Crippen molar-refractivity contribution in [1.29, 1.82) is 0 Å². The maximum Gasteiger partial charge on any atom is 0.365 e. The van der Waals surface area contributed by atoms with Crippen molar-refractivity contribution >= 4 is 25.8 Å². The maximum absolute atomic E-state index is 13.4. The van der Waals surface area contributed by atoms with Crippen molar-refractivity contribution in [1.82, 2.24) is 0 Å². The number of carbonyl (C=O) groups excluding carboxylic acids is 2. The van der Waals surface area contributed by atoms with Crippen molar-refractivity contribution < 1.29 is 28.3 Å². The average molecular weight is 512 g/mol. The van der Waals surface area contributed by atoms with Crippen LogP contribution in [0.1, 0.15) is 57.3 Å². The summed E-state index contributed by atoms with van der Waals surface area (Å²) in [5.74, 6) is -1.46. The van der Waals surface area contributed by atoms with Gasteiger partial charge in [0.25, 0.3) is 8.32 Å². The molecule has 36 heavy (non-hydrogen) atoms. The molecule has 0 bridgehead atoms. The van der Waals surface area contributed by atoms with Crippen molar-refractivity contribution in [2.75, 3.05) is 13.2 Å². The minimum absolute atomic E-state index is 0.169. The molecule has 1 atom stereocenters. The molecule has 8 heteroatoms. The van der Waals surface area contributed by atoms with Crippen molar-refractivity contribution in [3.05, 3.63) is 71.8 Å². The van der Waals surface area contributed by atoms with Gasteiger partial charge in [0.15, 0.2) is 12.4 Å². The van der Waals surface area contributed by atoms with Crippen LogP contribution in [0.2, 0.25) is 18.1 Å². The van der Waals surface area contributed by atoms with Gasteiger partial charge in [0.05, 0.1) is 0 Å². The van der Waals surface area contributed by atoms with Crippen molar-refractivity contribution in [2.45, 2.75) is 70.6 Å². The average Bonchev–Trinajstić information content (AvgIpc) is 2.87. The quantitative estimate of drug-likeness (QED) is 0.132. The zero-order valence-corrected chi connectivity index (χ0v) is 22.9. The van der Waals surface area contributed by atoms with Crippen molar-refractivity contribution in [3.8, 4) is 0 Å². The van der Waals surface area contributed by atoms with Gasteiger partial charge in [-0.2, -0.15) is 0 Å². The molecule has 194 valence electrons. The number of ether oxygens (including phenoxy) is 3. The lowest BCUT2D eigenvalue weighted by Gasteiger charge is -2.33. The Kier molecular flexibility index (Phi) is 9.59. The number of carbonyl (C=O) groups is 2. The first-order valence-electron chi connectivity index (χ1n) is 12.4. The number of esters is 1. The van der Waals surface area contributed by atoms with Crippen LogP contribution in [-0.4, -0.2) is 45.3 Å². The Morgan fingerprint density at radius 2 is 1.58 bits per heavy atom. The molecule has 0 aliphatic carbocycles. The third-order valence-corrected chi connectivity index (χ3v) is 10.8. The van der Waals surface area contributed by atoms with Gasteiger partial charge in [0, 0.05) is 6.61 Å². The summed E-state index contributed by atoms with van der Waals surface area (Å²) in [5, 5.41) is 3.93. The second kappa shape index (κ2) is 12.4. The Morgan fingerprint density at radius 1 is 1.00 bits per heavy atom. The monoisotopic (exact) mass is 511 g/mol. The molecule has 2 aromatic rings. The minimum atomic E-state index is -2.40. The van der Waals surface area contributed by atoms with Gasteiger partial charge in [-0.25, -0.2) is 4.79 Å². The summed E-state index contributed by atoms with van der Waals surface area (Å²) in [6.45, 7) is 10.4. The Hall–Kier alpha value is -2.81. The number of benzene rings is 2. The zero-order chi connectivity index (χ0) is 26.2. The minimum Gasteiger partial charge on any atom is -0.454 e. The first kappa shape index (κ1) is 27.8. The van der Waals surface area contributed by atoms with Crippen molar-refractivity contribution in [3.63, 3.8) is 0 Å². The van der Waals surface area contributed by atoms with E-state index in [0.29, 0.717) is 13.0 Å². The normalized spacial score (nSPS) is 17.1. The van der Waals surface area contributed by atoms with Crippen LogP contribution in [0.4, 0.5) is 0 Å². The maximum atomic E-state index is 13.4. The summed E-state index contributed by atoms with van der Waals surface area (Å²) in [7, 11) is -2.40. The Bertz CT molecular complexity index is 988. The van der Waals surface area contributed by atoms with Crippen LogP contribution in [0, 0.1) is 0 Å². The Balaban J connectivity index is 1.86. The summed E-state index contributed by atoms with van der Waals surface area (Å²) in [6.07, 6.45) is 1.45. The first-order valence-corrected chi connectivity index (χ1v) is 15.3. The highest BCUT2D eigenvalue weighted by Gasteiger charge is 2.40. The van der Waals surface area contributed by atoms with E-state index in [9.17, 15) is 9.59 Å². The van der Waals surface area contributed by atoms with Gasteiger partial charge in [-0.15, -0.1) is 0 Å². The molecular weight excluding hydrogens is 474 g/mol. The molecule has 1 aliphatic rings. The predicted molar refractivity (Wildman–Crippen MR) is 141 cm³/mol. The van der Waals surface area contributed by atoms with E-state index in [-0.39, 0.29) is 11.6 Å². The first-order chi connectivity index (χ1) is 17.1. The lowest BCUT2D eigenvalue weighted by Crippen LogP contribution is -2.41. The largest absolute Gasteiger partial charge is 0.454 e. The second-order valence-electron chi connectivity index (χ2n) is 10.4. The van der Waals surface area contributed by atoms with Crippen LogP contribution in [-0.2, 0) is 28.3 Å². The van der Waals surface area contributed by atoms with Crippen LogP contribution < -0.4 is 0 Å². The van der Waals surface area contributed by atoms with Crippen LogP contribution in [0.15, 0.2) is 65.8 Å². The van der Waals surface area contributed by atoms with Gasteiger partial charge in [0.1, 0.15) is 6.61 Å². The van der Waals surface area contributed by atoms with E-state index in [1.807, 2.05) is 73.8 Å². The summed E-state index contributed by atoms with van der Waals surface area (Å²) in [5.41, 5.74) is 1.15. The van der Waals surface area contributed by atoms with E-state index in [2.05, 4.69) is 25.9 Å². The number of rotatable bonds is 10. The van der Waals surface area contributed by atoms with Crippen LogP contribution >= 0.6 is 0 Å². The molecule has 2 aromatic carbocycles. The fourth-order valence-electron chi connectivity index (χ4n) is 3.33. The van der Waals surface area contributed by atoms with Crippen LogP contribution in [0.5, 0.6) is 0 Å². The summed E-state index contributed by atoms with van der Waals surface area (Å²) in [4.78, 5) is 26.6. The van der Waals surface area contributed by atoms with Gasteiger partial charge in [-0.1, -0.05) is 86.6 Å². The molecule has 0 radical (unpaired) electrons. The molecule has 1 aliphatic heterocycles. The van der Waals surface area contributed by atoms with Gasteiger partial charge < -0.3 is 18.7 Å². The molecule has 1 unspecified atom stereocenters. The smallest absolute Gasteiger partial charge is 0.365 e. The predicted octanol–water partition coefficient (Wildman–Crippen LogP) is 5.81. The Labute approximate surface area is 214 Å². The fourth-order valence-corrected chi connectivity index (χ4v) is 3.92. The van der Waals surface area contributed by atoms with E-state index >= 15 is 0 Å². The zero-order valence-electron chi connectivity index (χ0n) is 21.9. The fraction of sp³-hybridized carbons (Fsp3) is 0.464. The van der Waals surface area contributed by atoms with Gasteiger partial charge in [0.2, 0.25) is 11.5 Å². The SMILES string of the molecule is CC(C)(C)[Si](C)(C)ON=C(C(=O)COC1CCCCO1)C(=O)OC(c1ccccc1)c1ccccc1. The molecule has 1 fully saturated rings. The third-order valence-electron chi connectivity index (χ3n) is 6.60. The highest BCUT2D eigenvalue weighted by atomic mass is 28.4. The molecule has 0 amide bonds. The lowest BCUT2D eigenvalue weighted by molar-refractivity contribution is -0.166. The van der Waals surface area contributed by atoms with Crippen LogP contribution in [0.25, 0.3) is 0 Å². The van der Waals surface area contributed by atoms with Crippen molar-refractivity contribution in [2.24, 2.45) is 5.16 Å². The number of hydrogen-bond acceptors (Lipinski definition) is 7. The molecule has 1 heterocycles. The van der Waals surface area contributed by atoms with E-state index in [4.69, 9.17) is 18.7 Å². The van der Waals surface area contributed by atoms with E-state index in [1.165, 1.54) is 0 Å². The number of ketones is 1. The van der Waals surface area contributed by atoms with Gasteiger partial charge in [-0.3, -0.25) is 4.79 Å². The van der Waals surface area contributed by atoms with E-state index in [0.717, 1.165) is 24.0 Å². The highest BCUT2D eigenvalue weighted by Crippen LogP contribution is 2.36. The third kappa shape index (κ3) is 7.59. The standard InChI is InChI=1S/C28H37NO6Si/c1-28(2,3)36(4,5)35-29-25(23(30)20-33-24-18-12-13-19-32-24)27(31)34-26(21-14-8-6-9-15-21)22-16-10-7-11-17-22/h6-11,14-17,24,26H,12-13,18-20H2,1-5H3. The highest BCUT2D eigenvalue weighted by molar-refractivity contribution is 6.74. The molecule has 0 spiro atoms. The van der Waals surface area contributed by atoms with Gasteiger partial charge in [-0.05, 0) is 48.5 Å². The van der Waals surface area contributed by atoms with E-state index in [1.54, 1.807) is 0 Å². The molecule has 0 saturated carbocycles. The molecule has 3 rings (SSSR count). The second-order valence-corrected chi connectivity index (χ2v) is 15.1. The topological polar surface area (TPSA) is 83.4 Å². The number of nitrogens with zero attached hydrogens (tertiary/aromatic N) is 1. The van der Waals surface area contributed by atoms with Crippen LogP contribution in [0.3, 0.4) is 0 Å². The Morgan fingerprint density at radius 3 is 2.08 bits per heavy atom. The lowest BCUT2D eigenvalue weighted by atomic mass is 10.0. The number of hydrogen-bond donors (Lipinski definition) is 0. The van der Waals surface area contributed by atoms with E-state index < -0.39 is 38.2 Å². The number of Topliss-reactive ketones (excluding diaryl/α,β-unsaturated/α-hetero) is 1. The summed E-state index contributed by atoms with van der Waals surface area (Å²) >= 11 is 0. The number of oxime groups is 1.